The number of hydrogen-bond acceptors (Lipinski definition) is 10. The number of cyclic esters (lactones) is 2. The topological polar surface area (TPSA) is 147 Å². The van der Waals surface area contributed by atoms with E-state index in [0.29, 0.717) is 0 Å². The molecule has 1 N–H and O–H groups in total. The van der Waals surface area contributed by atoms with Gasteiger partial charge in [-0.1, -0.05) is 0 Å². The molecule has 2 aromatic rings. The maximum Gasteiger partial charge on any atom is 0.350 e. The van der Waals surface area contributed by atoms with Gasteiger partial charge >= 0.3 is 17.6 Å². The fraction of sp³-hybridized carbons (Fsp3) is 0.231. The highest BCUT2D eigenvalue weighted by atomic mass is 16.7. The summed E-state index contributed by atoms with van der Waals surface area (Å²) in [5.41, 5.74) is -0.733. The summed E-state index contributed by atoms with van der Waals surface area (Å²) in [5.74, 6) is -3.19. The van der Waals surface area contributed by atoms with E-state index in [1.165, 1.54) is 26.0 Å². The minimum Gasteiger partial charge on any atom is -0.419 e. The molecule has 124 valence electrons. The number of ether oxygens (including phenoxy) is 2. The Balaban J connectivity index is 1.96. The van der Waals surface area contributed by atoms with Crippen LogP contribution in [0, 0.1) is 10.1 Å². The molecule has 1 aliphatic heterocycles. The second-order valence-corrected chi connectivity index (χ2v) is 5.23. The van der Waals surface area contributed by atoms with Crippen LogP contribution in [-0.4, -0.2) is 33.0 Å². The van der Waals surface area contributed by atoms with Crippen molar-refractivity contribution in [2.45, 2.75) is 19.6 Å². The Labute approximate surface area is 133 Å². The average Bonchev–Trinajstić information content (AvgIpc) is 2.92. The van der Waals surface area contributed by atoms with Gasteiger partial charge in [-0.25, -0.2) is 14.2 Å². The summed E-state index contributed by atoms with van der Waals surface area (Å²) >= 11 is 0. The minimum absolute atomic E-state index is 0.0128. The zero-order valence-electron chi connectivity index (χ0n) is 12.4. The van der Waals surface area contributed by atoms with Gasteiger partial charge < -0.3 is 14.8 Å². The van der Waals surface area contributed by atoms with Crippen molar-refractivity contribution in [1.29, 1.82) is 0 Å². The Kier molecular flexibility index (Phi) is 3.40. The molecule has 1 aromatic heterocycles. The lowest BCUT2D eigenvalue weighted by Gasteiger charge is -2.29. The summed E-state index contributed by atoms with van der Waals surface area (Å²) in [6, 6.07) is 2.77. The predicted octanol–water partition coefficient (Wildman–Crippen LogP) is 1.26. The van der Waals surface area contributed by atoms with Gasteiger partial charge in [-0.15, -0.1) is 0 Å². The molecule has 0 aliphatic carbocycles. The molecule has 11 nitrogen and oxygen atoms in total. The number of esters is 2. The van der Waals surface area contributed by atoms with E-state index in [9.17, 15) is 19.7 Å². The lowest BCUT2D eigenvalue weighted by molar-refractivity contribution is -0.382. The lowest BCUT2D eigenvalue weighted by Crippen LogP contribution is -2.42. The van der Waals surface area contributed by atoms with Gasteiger partial charge in [-0.3, -0.25) is 10.1 Å². The molecular weight excluding hydrogens is 324 g/mol. The maximum atomic E-state index is 11.8. The number of benzene rings is 1. The summed E-state index contributed by atoms with van der Waals surface area (Å²) in [6.45, 7) is 2.81. The highest BCUT2D eigenvalue weighted by molar-refractivity contribution is 6.15. The van der Waals surface area contributed by atoms with Gasteiger partial charge in [0.1, 0.15) is 11.2 Å². The zero-order valence-corrected chi connectivity index (χ0v) is 12.4. The number of hydrogen-bond donors (Lipinski definition) is 1. The molecule has 24 heavy (non-hydrogen) atoms. The molecule has 0 amide bonds. The first-order chi connectivity index (χ1) is 11.3. The standard InChI is InChI=1S/C13H10N4O7/c1-13(2)22-11(18)6(12(19)23-13)5-14-8-4-3-7-9(16-24-15-7)10(8)17(20)21/h3-5,14H,1-2H3. The van der Waals surface area contributed by atoms with Crippen LogP contribution in [0.1, 0.15) is 13.8 Å². The highest BCUT2D eigenvalue weighted by Crippen LogP contribution is 2.32. The molecule has 0 spiro atoms. The Hall–Kier alpha value is -3.50. The van der Waals surface area contributed by atoms with Crippen molar-refractivity contribution >= 4 is 34.3 Å². The van der Waals surface area contributed by atoms with Crippen LogP contribution in [0.3, 0.4) is 0 Å². The molecule has 0 radical (unpaired) electrons. The number of carbonyl (C=O) groups is 2. The Morgan fingerprint density at radius 1 is 1.21 bits per heavy atom. The van der Waals surface area contributed by atoms with Crippen molar-refractivity contribution < 1.29 is 28.6 Å². The molecule has 1 fully saturated rings. The minimum atomic E-state index is -1.37. The zero-order chi connectivity index (χ0) is 17.5. The number of nitro benzene ring substituents is 1. The number of rotatable bonds is 3. The number of carbonyl (C=O) groups excluding carboxylic acids is 2. The largest absolute Gasteiger partial charge is 0.419 e. The molecular formula is C13H10N4O7. The second-order valence-electron chi connectivity index (χ2n) is 5.23. The SMILES string of the molecule is CC1(C)OC(=O)C(=CNc2ccc3nonc3c2[N+](=O)[O-])C(=O)O1. The van der Waals surface area contributed by atoms with E-state index in [1.54, 1.807) is 0 Å². The van der Waals surface area contributed by atoms with Crippen molar-refractivity contribution in [2.75, 3.05) is 5.32 Å². The molecule has 1 aromatic carbocycles. The van der Waals surface area contributed by atoms with Crippen molar-refractivity contribution in [3.8, 4) is 0 Å². The van der Waals surface area contributed by atoms with Crippen molar-refractivity contribution in [2.24, 2.45) is 0 Å². The molecule has 0 unspecified atom stereocenters. The number of anilines is 1. The number of nitro groups is 1. The molecule has 3 rings (SSSR count). The van der Waals surface area contributed by atoms with Crippen molar-refractivity contribution in [3.63, 3.8) is 0 Å². The summed E-state index contributed by atoms with van der Waals surface area (Å²) in [6.07, 6.45) is 0.974. The highest BCUT2D eigenvalue weighted by Gasteiger charge is 2.39. The predicted molar refractivity (Wildman–Crippen MR) is 76.4 cm³/mol. The van der Waals surface area contributed by atoms with E-state index in [-0.39, 0.29) is 16.7 Å². The van der Waals surface area contributed by atoms with Gasteiger partial charge in [0.2, 0.25) is 5.52 Å². The average molecular weight is 334 g/mol. The molecule has 2 heterocycles. The first-order valence-corrected chi connectivity index (χ1v) is 6.61. The number of fused-ring (bicyclic) bond motifs is 1. The maximum absolute atomic E-state index is 11.8. The summed E-state index contributed by atoms with van der Waals surface area (Å²) in [7, 11) is 0. The van der Waals surface area contributed by atoms with Crippen LogP contribution in [-0.2, 0) is 19.1 Å². The Bertz CT molecular complexity index is 877. The third kappa shape index (κ3) is 2.62. The van der Waals surface area contributed by atoms with Gasteiger partial charge in [-0.2, -0.15) is 0 Å². The van der Waals surface area contributed by atoms with Crippen LogP contribution in [0.2, 0.25) is 0 Å². The third-order valence-electron chi connectivity index (χ3n) is 3.07. The van der Waals surface area contributed by atoms with E-state index in [1.807, 2.05) is 0 Å². The lowest BCUT2D eigenvalue weighted by atomic mass is 10.2. The molecule has 11 heteroatoms. The monoisotopic (exact) mass is 334 g/mol. The molecule has 1 aliphatic rings. The second kappa shape index (κ2) is 5.30. The fourth-order valence-electron chi connectivity index (χ4n) is 2.07. The molecule has 1 saturated heterocycles. The van der Waals surface area contributed by atoms with Crippen molar-refractivity contribution in [1.82, 2.24) is 10.3 Å². The van der Waals surface area contributed by atoms with E-state index in [0.717, 1.165) is 6.20 Å². The molecule has 0 bridgehead atoms. The van der Waals surface area contributed by atoms with Gasteiger partial charge in [0.15, 0.2) is 5.57 Å². The summed E-state index contributed by atoms with van der Waals surface area (Å²) < 4.78 is 14.3. The quantitative estimate of drug-likeness (QED) is 0.286. The summed E-state index contributed by atoms with van der Waals surface area (Å²) in [5, 5.41) is 20.8. The van der Waals surface area contributed by atoms with Crippen LogP contribution in [0.5, 0.6) is 0 Å². The first-order valence-electron chi connectivity index (χ1n) is 6.61. The van der Waals surface area contributed by atoms with E-state index in [4.69, 9.17) is 9.47 Å². The Morgan fingerprint density at radius 2 is 1.88 bits per heavy atom. The number of nitrogens with one attached hydrogen (secondary N) is 1. The summed E-state index contributed by atoms with van der Waals surface area (Å²) in [4.78, 5) is 34.2. The molecule has 0 atom stereocenters. The van der Waals surface area contributed by atoms with E-state index in [2.05, 4.69) is 20.3 Å². The van der Waals surface area contributed by atoms with E-state index < -0.39 is 33.9 Å². The van der Waals surface area contributed by atoms with Crippen LogP contribution >= 0.6 is 0 Å². The Morgan fingerprint density at radius 3 is 2.50 bits per heavy atom. The molecule has 0 saturated carbocycles. The van der Waals surface area contributed by atoms with Crippen LogP contribution in [0.4, 0.5) is 11.4 Å². The van der Waals surface area contributed by atoms with Crippen LogP contribution in [0.15, 0.2) is 28.5 Å². The van der Waals surface area contributed by atoms with Crippen molar-refractivity contribution in [3.05, 3.63) is 34.0 Å². The smallest absolute Gasteiger partial charge is 0.350 e. The van der Waals surface area contributed by atoms with Crippen LogP contribution in [0.25, 0.3) is 11.0 Å². The van der Waals surface area contributed by atoms with Gasteiger partial charge in [0, 0.05) is 20.0 Å². The van der Waals surface area contributed by atoms with Gasteiger partial charge in [-0.05, 0) is 22.4 Å². The number of nitrogens with zero attached hydrogens (tertiary/aromatic N) is 3. The normalized spacial score (nSPS) is 16.5. The first kappa shape index (κ1) is 15.4. The van der Waals surface area contributed by atoms with Gasteiger partial charge in [0.05, 0.1) is 4.92 Å². The number of aromatic nitrogens is 2. The van der Waals surface area contributed by atoms with Crippen LogP contribution < -0.4 is 5.32 Å². The van der Waals surface area contributed by atoms with Gasteiger partial charge in [0.25, 0.3) is 5.79 Å². The fourth-order valence-corrected chi connectivity index (χ4v) is 2.07. The van der Waals surface area contributed by atoms with E-state index >= 15 is 0 Å². The third-order valence-corrected chi connectivity index (χ3v) is 3.07.